The van der Waals surface area contributed by atoms with Gasteiger partial charge in [-0.05, 0) is 19.8 Å². The molecule has 5 nitrogen and oxygen atoms in total. The van der Waals surface area contributed by atoms with Crippen LogP contribution < -0.4 is 11.1 Å². The lowest BCUT2D eigenvalue weighted by molar-refractivity contribution is 0.0188. The van der Waals surface area contributed by atoms with Crippen LogP contribution in [-0.2, 0) is 0 Å². The summed E-state index contributed by atoms with van der Waals surface area (Å²) < 4.78 is 0. The number of nitrogens with one attached hydrogen (secondary N) is 1. The predicted molar refractivity (Wildman–Crippen MR) is 77.1 cm³/mol. The van der Waals surface area contributed by atoms with E-state index in [1.165, 1.54) is 19.3 Å². The van der Waals surface area contributed by atoms with Gasteiger partial charge in [-0.3, -0.25) is 0 Å². The average Bonchev–Trinajstić information content (AvgIpc) is 2.36. The molecule has 1 aliphatic carbocycles. The van der Waals surface area contributed by atoms with Crippen molar-refractivity contribution in [3.8, 4) is 0 Å². The van der Waals surface area contributed by atoms with Crippen molar-refractivity contribution >= 4 is 23.4 Å². The van der Waals surface area contributed by atoms with Gasteiger partial charge < -0.3 is 16.2 Å². The first kappa shape index (κ1) is 14.3. The van der Waals surface area contributed by atoms with E-state index in [1.807, 2.05) is 6.92 Å². The number of halogens is 1. The molecule has 1 saturated carbocycles. The lowest BCUT2D eigenvalue weighted by Crippen LogP contribution is -2.41. The molecule has 1 aromatic rings. The monoisotopic (exact) mass is 284 g/mol. The van der Waals surface area contributed by atoms with E-state index in [0.717, 1.165) is 12.8 Å². The number of nitrogens with zero attached hydrogens (tertiary/aromatic N) is 2. The minimum Gasteiger partial charge on any atom is -0.393 e. The highest BCUT2D eigenvalue weighted by Gasteiger charge is 2.36. The van der Waals surface area contributed by atoms with Crippen LogP contribution in [0.2, 0.25) is 5.15 Å². The van der Waals surface area contributed by atoms with Crippen molar-refractivity contribution in [1.82, 2.24) is 9.97 Å². The van der Waals surface area contributed by atoms with Crippen LogP contribution in [-0.4, -0.2) is 27.7 Å². The summed E-state index contributed by atoms with van der Waals surface area (Å²) >= 11 is 5.85. The number of hydrogen-bond acceptors (Lipinski definition) is 5. The first-order valence-corrected chi connectivity index (χ1v) is 7.12. The van der Waals surface area contributed by atoms with E-state index in [2.05, 4.69) is 15.3 Å². The number of anilines is 2. The number of rotatable bonds is 4. The van der Waals surface area contributed by atoms with Gasteiger partial charge in [-0.2, -0.15) is 4.98 Å². The highest BCUT2D eigenvalue weighted by atomic mass is 35.5. The Labute approximate surface area is 118 Å². The fraction of sp³-hybridized carbons (Fsp3) is 0.692. The van der Waals surface area contributed by atoms with Crippen molar-refractivity contribution < 1.29 is 5.11 Å². The smallest absolute Gasteiger partial charge is 0.223 e. The number of aromatic nitrogens is 2. The highest BCUT2D eigenvalue weighted by molar-refractivity contribution is 6.29. The van der Waals surface area contributed by atoms with E-state index >= 15 is 0 Å². The van der Waals surface area contributed by atoms with Gasteiger partial charge in [0.2, 0.25) is 5.95 Å². The summed E-state index contributed by atoms with van der Waals surface area (Å²) in [6.45, 7) is 2.55. The van der Waals surface area contributed by atoms with Gasteiger partial charge in [0.25, 0.3) is 0 Å². The van der Waals surface area contributed by atoms with Gasteiger partial charge in [-0.15, -0.1) is 0 Å². The number of nitrogen functional groups attached to an aromatic ring is 1. The SMILES string of the molecule is CC(O)C1(CNc2cc(Cl)nc(N)n2)CCCCC1. The van der Waals surface area contributed by atoms with E-state index < -0.39 is 0 Å². The summed E-state index contributed by atoms with van der Waals surface area (Å²) in [5, 5.41) is 13.7. The second-order valence-electron chi connectivity index (χ2n) is 5.39. The zero-order valence-electron chi connectivity index (χ0n) is 11.2. The Bertz CT molecular complexity index is 412. The Kier molecular flexibility index (Phi) is 4.47. The van der Waals surface area contributed by atoms with E-state index in [9.17, 15) is 5.11 Å². The Morgan fingerprint density at radius 3 is 2.68 bits per heavy atom. The number of aliphatic hydroxyl groups excluding tert-OH is 1. The van der Waals surface area contributed by atoms with Crippen LogP contribution in [0.1, 0.15) is 39.0 Å². The van der Waals surface area contributed by atoms with Crippen LogP contribution in [0.4, 0.5) is 11.8 Å². The quantitative estimate of drug-likeness (QED) is 0.740. The second kappa shape index (κ2) is 5.92. The third-order valence-electron chi connectivity index (χ3n) is 4.07. The molecule has 6 heteroatoms. The van der Waals surface area contributed by atoms with Crippen molar-refractivity contribution in [3.05, 3.63) is 11.2 Å². The summed E-state index contributed by atoms with van der Waals surface area (Å²) in [6.07, 6.45) is 5.31. The molecule has 0 amide bonds. The summed E-state index contributed by atoms with van der Waals surface area (Å²) in [7, 11) is 0. The zero-order valence-corrected chi connectivity index (χ0v) is 12.0. The number of nitrogens with two attached hydrogens (primary N) is 1. The van der Waals surface area contributed by atoms with Crippen LogP contribution >= 0.6 is 11.6 Å². The Balaban J connectivity index is 2.06. The second-order valence-corrected chi connectivity index (χ2v) is 5.77. The van der Waals surface area contributed by atoms with Crippen LogP contribution in [0.3, 0.4) is 0 Å². The fourth-order valence-corrected chi connectivity index (χ4v) is 2.98. The van der Waals surface area contributed by atoms with E-state index in [0.29, 0.717) is 17.5 Å². The molecule has 0 aromatic carbocycles. The van der Waals surface area contributed by atoms with Crippen LogP contribution in [0.15, 0.2) is 6.07 Å². The van der Waals surface area contributed by atoms with Gasteiger partial charge in [0.1, 0.15) is 11.0 Å². The number of aliphatic hydroxyl groups is 1. The van der Waals surface area contributed by atoms with E-state index in [4.69, 9.17) is 17.3 Å². The maximum atomic E-state index is 10.1. The molecule has 0 spiro atoms. The van der Waals surface area contributed by atoms with E-state index in [1.54, 1.807) is 6.07 Å². The zero-order chi connectivity index (χ0) is 13.9. The minimum atomic E-state index is -0.338. The van der Waals surface area contributed by atoms with Crippen LogP contribution in [0.25, 0.3) is 0 Å². The molecule has 0 bridgehead atoms. The van der Waals surface area contributed by atoms with Crippen molar-refractivity contribution in [2.45, 2.75) is 45.1 Å². The average molecular weight is 285 g/mol. The van der Waals surface area contributed by atoms with Gasteiger partial charge in [0.05, 0.1) is 6.10 Å². The van der Waals surface area contributed by atoms with Gasteiger partial charge >= 0.3 is 0 Å². The molecule has 1 aliphatic rings. The maximum absolute atomic E-state index is 10.1. The topological polar surface area (TPSA) is 84.1 Å². The third-order valence-corrected chi connectivity index (χ3v) is 4.26. The maximum Gasteiger partial charge on any atom is 0.223 e. The minimum absolute atomic E-state index is 0.0789. The highest BCUT2D eigenvalue weighted by Crippen LogP contribution is 2.39. The first-order chi connectivity index (χ1) is 9.02. The van der Waals surface area contributed by atoms with Gasteiger partial charge in [-0.1, -0.05) is 30.9 Å². The largest absolute Gasteiger partial charge is 0.393 e. The molecule has 4 N–H and O–H groups in total. The summed E-state index contributed by atoms with van der Waals surface area (Å²) in [5.74, 6) is 0.771. The molecule has 1 aromatic heterocycles. The van der Waals surface area contributed by atoms with E-state index in [-0.39, 0.29) is 17.5 Å². The lowest BCUT2D eigenvalue weighted by Gasteiger charge is -2.40. The molecular weight excluding hydrogens is 264 g/mol. The fourth-order valence-electron chi connectivity index (χ4n) is 2.79. The van der Waals surface area contributed by atoms with Crippen molar-refractivity contribution in [1.29, 1.82) is 0 Å². The van der Waals surface area contributed by atoms with Crippen molar-refractivity contribution in [3.63, 3.8) is 0 Å². The Morgan fingerprint density at radius 1 is 1.42 bits per heavy atom. The molecule has 106 valence electrons. The standard InChI is InChI=1S/C13H21ClN4O/c1-9(19)13(5-3-2-4-6-13)8-16-11-7-10(14)17-12(15)18-11/h7,9,19H,2-6,8H2,1H3,(H3,15,16,17,18). The van der Waals surface area contributed by atoms with Crippen LogP contribution in [0.5, 0.6) is 0 Å². The molecule has 0 aliphatic heterocycles. The molecule has 1 heterocycles. The van der Waals surface area contributed by atoms with Gasteiger partial charge in [0, 0.05) is 18.0 Å². The molecule has 2 rings (SSSR count). The van der Waals surface area contributed by atoms with Gasteiger partial charge in [0.15, 0.2) is 0 Å². The summed E-state index contributed by atoms with van der Waals surface area (Å²) in [5.41, 5.74) is 5.49. The first-order valence-electron chi connectivity index (χ1n) is 6.74. The molecule has 1 fully saturated rings. The Morgan fingerprint density at radius 2 is 2.11 bits per heavy atom. The lowest BCUT2D eigenvalue weighted by atomic mass is 9.70. The Hall–Kier alpha value is -1.07. The van der Waals surface area contributed by atoms with Crippen LogP contribution in [0, 0.1) is 5.41 Å². The van der Waals surface area contributed by atoms with Crippen molar-refractivity contribution in [2.24, 2.45) is 5.41 Å². The molecule has 19 heavy (non-hydrogen) atoms. The third kappa shape index (κ3) is 3.48. The summed E-state index contributed by atoms with van der Waals surface area (Å²) in [4.78, 5) is 7.92. The van der Waals surface area contributed by atoms with Crippen molar-refractivity contribution in [2.75, 3.05) is 17.6 Å². The predicted octanol–water partition coefficient (Wildman–Crippen LogP) is 2.46. The van der Waals surface area contributed by atoms with Gasteiger partial charge in [-0.25, -0.2) is 4.98 Å². The molecule has 1 unspecified atom stereocenters. The molecular formula is C13H21ClN4O. The normalized spacial score (nSPS) is 19.9. The molecule has 0 radical (unpaired) electrons. The number of hydrogen-bond donors (Lipinski definition) is 3. The summed E-state index contributed by atoms with van der Waals surface area (Å²) in [6, 6.07) is 1.65. The molecule has 1 atom stereocenters. The molecule has 0 saturated heterocycles.